The third kappa shape index (κ3) is 6.10. The topological polar surface area (TPSA) is 40.5 Å². The summed E-state index contributed by atoms with van der Waals surface area (Å²) in [6.45, 7) is 2.09. The summed E-state index contributed by atoms with van der Waals surface area (Å²) in [5.74, 6) is 1.12. The van der Waals surface area contributed by atoms with E-state index in [1.807, 2.05) is 23.9 Å². The number of benzene rings is 1. The lowest BCUT2D eigenvalue weighted by Gasteiger charge is -2.06. The van der Waals surface area contributed by atoms with Crippen molar-refractivity contribution < 1.29 is 10.2 Å². The monoisotopic (exact) mass is 254 g/mol. The molecule has 0 aliphatic rings. The maximum atomic E-state index is 9.38. The van der Waals surface area contributed by atoms with Crippen LogP contribution in [0.4, 0.5) is 0 Å². The first-order chi connectivity index (χ1) is 8.24. The molecule has 1 rings (SSSR count). The first-order valence-corrected chi connectivity index (χ1v) is 7.24. The molecule has 0 bridgehead atoms. The average molecular weight is 254 g/mol. The highest BCUT2D eigenvalue weighted by atomic mass is 32.2. The predicted octanol–water partition coefficient (Wildman–Crippen LogP) is 3.38. The molecule has 0 aromatic heterocycles. The lowest BCUT2D eigenvalue weighted by atomic mass is 10.1. The van der Waals surface area contributed by atoms with E-state index in [4.69, 9.17) is 5.11 Å². The van der Waals surface area contributed by atoms with Gasteiger partial charge in [-0.25, -0.2) is 0 Å². The molecule has 0 heterocycles. The van der Waals surface area contributed by atoms with E-state index in [-0.39, 0.29) is 6.10 Å². The van der Waals surface area contributed by atoms with Crippen LogP contribution in [0.2, 0.25) is 0 Å². The van der Waals surface area contributed by atoms with Gasteiger partial charge in [0.2, 0.25) is 0 Å². The van der Waals surface area contributed by atoms with Gasteiger partial charge in [-0.1, -0.05) is 25.0 Å². The van der Waals surface area contributed by atoms with Crippen molar-refractivity contribution in [2.75, 3.05) is 12.4 Å². The normalized spacial score (nSPS) is 12.6. The molecule has 0 saturated heterocycles. The molecule has 0 aliphatic carbocycles. The van der Waals surface area contributed by atoms with Crippen LogP contribution >= 0.6 is 11.8 Å². The van der Waals surface area contributed by atoms with Crippen molar-refractivity contribution in [3.05, 3.63) is 29.8 Å². The van der Waals surface area contributed by atoms with Crippen LogP contribution in [0.3, 0.4) is 0 Å². The fourth-order valence-electron chi connectivity index (χ4n) is 1.60. The quantitative estimate of drug-likeness (QED) is 0.552. The molecule has 0 aliphatic heterocycles. The first-order valence-electron chi connectivity index (χ1n) is 6.25. The van der Waals surface area contributed by atoms with Crippen molar-refractivity contribution in [2.45, 2.75) is 43.6 Å². The van der Waals surface area contributed by atoms with Gasteiger partial charge in [0.05, 0.1) is 6.10 Å². The Morgan fingerprint density at radius 3 is 2.29 bits per heavy atom. The van der Waals surface area contributed by atoms with Crippen molar-refractivity contribution in [1.82, 2.24) is 0 Å². The van der Waals surface area contributed by atoms with Crippen LogP contribution < -0.4 is 0 Å². The van der Waals surface area contributed by atoms with E-state index in [1.165, 1.54) is 17.7 Å². The summed E-state index contributed by atoms with van der Waals surface area (Å²) in [6.07, 6.45) is 4.06. The molecule has 0 amide bonds. The first kappa shape index (κ1) is 14.6. The zero-order valence-electron chi connectivity index (χ0n) is 10.4. The second-order valence-corrected chi connectivity index (χ2v) is 5.40. The Kier molecular flexibility index (Phi) is 7.33. The number of aliphatic hydroxyl groups is 2. The van der Waals surface area contributed by atoms with E-state index >= 15 is 0 Å². The molecular formula is C14H22O2S. The van der Waals surface area contributed by atoms with Gasteiger partial charge in [-0.3, -0.25) is 0 Å². The number of rotatable bonds is 8. The Bertz CT molecular complexity index is 296. The van der Waals surface area contributed by atoms with E-state index in [0.717, 1.165) is 24.2 Å². The van der Waals surface area contributed by atoms with E-state index in [0.29, 0.717) is 6.61 Å². The fourth-order valence-corrected chi connectivity index (χ4v) is 2.51. The molecule has 1 atom stereocenters. The minimum atomic E-state index is -0.382. The van der Waals surface area contributed by atoms with Gasteiger partial charge in [0.1, 0.15) is 0 Å². The molecule has 96 valence electrons. The maximum Gasteiger partial charge on any atom is 0.0761 e. The highest BCUT2D eigenvalue weighted by molar-refractivity contribution is 7.99. The zero-order chi connectivity index (χ0) is 12.5. The molecule has 0 radical (unpaired) electrons. The second kappa shape index (κ2) is 8.56. The Morgan fingerprint density at radius 2 is 1.71 bits per heavy atom. The molecular weight excluding hydrogens is 232 g/mol. The summed E-state index contributed by atoms with van der Waals surface area (Å²) in [6, 6.07) is 8.11. The van der Waals surface area contributed by atoms with Crippen molar-refractivity contribution in [2.24, 2.45) is 0 Å². The molecule has 0 fully saturated rings. The van der Waals surface area contributed by atoms with Crippen LogP contribution in [0.25, 0.3) is 0 Å². The summed E-state index contributed by atoms with van der Waals surface area (Å²) in [7, 11) is 0. The molecule has 17 heavy (non-hydrogen) atoms. The van der Waals surface area contributed by atoms with Crippen LogP contribution in [-0.4, -0.2) is 22.6 Å². The molecule has 2 nitrogen and oxygen atoms in total. The molecule has 2 N–H and O–H groups in total. The van der Waals surface area contributed by atoms with Crippen LogP contribution in [0, 0.1) is 0 Å². The van der Waals surface area contributed by atoms with Crippen LogP contribution in [-0.2, 0) is 0 Å². The van der Waals surface area contributed by atoms with Gasteiger partial charge in [0.25, 0.3) is 0 Å². The zero-order valence-corrected chi connectivity index (χ0v) is 11.2. The summed E-state index contributed by atoms with van der Waals surface area (Å²) in [5.41, 5.74) is 0.970. The van der Waals surface area contributed by atoms with Gasteiger partial charge >= 0.3 is 0 Å². The largest absolute Gasteiger partial charge is 0.396 e. The molecule has 1 aromatic rings. The van der Waals surface area contributed by atoms with Crippen LogP contribution in [0.5, 0.6) is 0 Å². The molecule has 3 heteroatoms. The van der Waals surface area contributed by atoms with Gasteiger partial charge in [-0.15, -0.1) is 11.8 Å². The fraction of sp³-hybridized carbons (Fsp3) is 0.571. The summed E-state index contributed by atoms with van der Waals surface area (Å²) in [5, 5.41) is 18.0. The number of hydrogen-bond donors (Lipinski definition) is 2. The highest BCUT2D eigenvalue weighted by Crippen LogP contribution is 2.22. The van der Waals surface area contributed by atoms with E-state index in [1.54, 1.807) is 6.92 Å². The second-order valence-electron chi connectivity index (χ2n) is 4.23. The smallest absolute Gasteiger partial charge is 0.0761 e. The Hall–Kier alpha value is -0.510. The number of aliphatic hydroxyl groups excluding tert-OH is 2. The minimum absolute atomic E-state index is 0.313. The van der Waals surface area contributed by atoms with E-state index < -0.39 is 0 Å². The Balaban J connectivity index is 2.19. The lowest BCUT2D eigenvalue weighted by molar-refractivity contribution is 0.199. The van der Waals surface area contributed by atoms with Gasteiger partial charge in [0.15, 0.2) is 0 Å². The van der Waals surface area contributed by atoms with Gasteiger partial charge in [-0.05, 0) is 43.2 Å². The molecule has 1 aromatic carbocycles. The van der Waals surface area contributed by atoms with Gasteiger partial charge in [0, 0.05) is 11.5 Å². The minimum Gasteiger partial charge on any atom is -0.396 e. The van der Waals surface area contributed by atoms with Crippen LogP contribution in [0.1, 0.15) is 44.3 Å². The predicted molar refractivity (Wildman–Crippen MR) is 73.4 cm³/mol. The van der Waals surface area contributed by atoms with Crippen molar-refractivity contribution in [3.8, 4) is 0 Å². The average Bonchev–Trinajstić information content (AvgIpc) is 2.34. The lowest BCUT2D eigenvalue weighted by Crippen LogP contribution is -1.90. The highest BCUT2D eigenvalue weighted by Gasteiger charge is 2.00. The maximum absolute atomic E-state index is 9.38. The van der Waals surface area contributed by atoms with E-state index in [9.17, 15) is 5.11 Å². The Labute approximate surface area is 108 Å². The molecule has 0 spiro atoms. The molecule has 1 unspecified atom stereocenters. The van der Waals surface area contributed by atoms with Gasteiger partial charge in [-0.2, -0.15) is 0 Å². The van der Waals surface area contributed by atoms with E-state index in [2.05, 4.69) is 12.1 Å². The number of hydrogen-bond acceptors (Lipinski definition) is 3. The van der Waals surface area contributed by atoms with Gasteiger partial charge < -0.3 is 10.2 Å². The third-order valence-electron chi connectivity index (χ3n) is 2.68. The van der Waals surface area contributed by atoms with Crippen molar-refractivity contribution >= 4 is 11.8 Å². The summed E-state index contributed by atoms with van der Waals surface area (Å²) >= 11 is 1.85. The SMILES string of the molecule is CC(O)c1ccc(SCCCCCCO)cc1. The Morgan fingerprint density at radius 1 is 1.06 bits per heavy atom. The summed E-state index contributed by atoms with van der Waals surface area (Å²) in [4.78, 5) is 1.26. The number of unbranched alkanes of at least 4 members (excludes halogenated alkanes) is 3. The summed E-state index contributed by atoms with van der Waals surface area (Å²) < 4.78 is 0. The molecule has 0 saturated carbocycles. The van der Waals surface area contributed by atoms with Crippen molar-refractivity contribution in [3.63, 3.8) is 0 Å². The van der Waals surface area contributed by atoms with Crippen LogP contribution in [0.15, 0.2) is 29.2 Å². The van der Waals surface area contributed by atoms with Crippen molar-refractivity contribution in [1.29, 1.82) is 0 Å². The standard InChI is InChI=1S/C14H22O2S/c1-12(16)13-6-8-14(9-7-13)17-11-5-3-2-4-10-15/h6-9,12,15-16H,2-5,10-11H2,1H3. The number of thioether (sulfide) groups is 1. The third-order valence-corrected chi connectivity index (χ3v) is 3.78.